The number of benzene rings is 1. The first-order valence-electron chi connectivity index (χ1n) is 3.31. The first-order chi connectivity index (χ1) is 6.05. The molecule has 0 aromatic heterocycles. The Kier molecular flexibility index (Phi) is 2.64. The molecule has 1 amide bonds. The third kappa shape index (κ3) is 2.27. The fourth-order valence-electron chi connectivity index (χ4n) is 0.815. The number of hydrogen-bond acceptors (Lipinski definition) is 3. The van der Waals surface area contributed by atoms with E-state index in [-0.39, 0.29) is 5.69 Å². The second-order valence-corrected chi connectivity index (χ2v) is 3.63. The van der Waals surface area contributed by atoms with E-state index in [1.54, 1.807) is 18.2 Å². The summed E-state index contributed by atoms with van der Waals surface area (Å²) in [4.78, 5) is 10.3. The van der Waals surface area contributed by atoms with Crippen molar-refractivity contribution in [3.05, 3.63) is 30.3 Å². The van der Waals surface area contributed by atoms with Gasteiger partial charge < -0.3 is 0 Å². The molecule has 0 spiro atoms. The second-order valence-electron chi connectivity index (χ2n) is 2.24. The minimum absolute atomic E-state index is 0.167. The van der Waals surface area contributed by atoms with Crippen LogP contribution in [0.25, 0.3) is 0 Å². The lowest BCUT2D eigenvalue weighted by atomic mass is 10.3. The van der Waals surface area contributed by atoms with Gasteiger partial charge in [0, 0.05) is 0 Å². The van der Waals surface area contributed by atoms with Gasteiger partial charge in [-0.05, 0) is 12.1 Å². The van der Waals surface area contributed by atoms with Crippen molar-refractivity contribution in [1.82, 2.24) is 0 Å². The van der Waals surface area contributed by atoms with E-state index in [0.29, 0.717) is 4.31 Å². The van der Waals surface area contributed by atoms with Crippen molar-refractivity contribution in [1.29, 1.82) is 0 Å². The van der Waals surface area contributed by atoms with E-state index in [1.807, 2.05) is 0 Å². The minimum atomic E-state index is -4.06. The van der Waals surface area contributed by atoms with Crippen LogP contribution in [0.3, 0.4) is 0 Å². The van der Waals surface area contributed by atoms with Crippen LogP contribution in [0.1, 0.15) is 0 Å². The molecule has 1 radical (unpaired) electrons. The van der Waals surface area contributed by atoms with Crippen molar-refractivity contribution >= 4 is 22.3 Å². The summed E-state index contributed by atoms with van der Waals surface area (Å²) in [6, 6.07) is 7.75. The third-order valence-electron chi connectivity index (χ3n) is 1.33. The highest BCUT2D eigenvalue weighted by Gasteiger charge is 2.17. The number of nitrogens with zero attached hydrogens (tertiary/aromatic N) is 1. The van der Waals surface area contributed by atoms with E-state index >= 15 is 0 Å². The molecule has 0 fully saturated rings. The molecule has 0 unspecified atom stereocenters. The van der Waals surface area contributed by atoms with Crippen molar-refractivity contribution in [3.8, 4) is 0 Å². The van der Waals surface area contributed by atoms with Crippen molar-refractivity contribution in [3.63, 3.8) is 0 Å². The van der Waals surface area contributed by atoms with Crippen LogP contribution < -0.4 is 9.44 Å². The Hall–Kier alpha value is -1.40. The standard InChI is InChI=1S/C7H7N2O3S/c8-13(11,12)9(6-10)7-4-2-1-3-5-7/h1-5H,(H2,8,11,12). The van der Waals surface area contributed by atoms with Gasteiger partial charge in [-0.3, -0.25) is 4.79 Å². The zero-order valence-corrected chi connectivity index (χ0v) is 7.36. The summed E-state index contributed by atoms with van der Waals surface area (Å²) in [6.07, 6.45) is 1.23. The Bertz CT molecular complexity index is 387. The molecule has 5 nitrogen and oxygen atoms in total. The molecule has 0 aliphatic rings. The Labute approximate surface area is 76.0 Å². The lowest BCUT2D eigenvalue weighted by Gasteiger charge is -2.11. The van der Waals surface area contributed by atoms with Gasteiger partial charge in [0.25, 0.3) is 0 Å². The molecule has 6 heteroatoms. The fraction of sp³-hybridized carbons (Fsp3) is 0. The number of anilines is 1. The maximum absolute atomic E-state index is 10.8. The summed E-state index contributed by atoms with van der Waals surface area (Å²) in [7, 11) is -4.06. The Morgan fingerprint density at radius 3 is 2.15 bits per heavy atom. The number of hydrogen-bond donors (Lipinski definition) is 1. The van der Waals surface area contributed by atoms with E-state index in [1.165, 1.54) is 18.5 Å². The van der Waals surface area contributed by atoms with Crippen LogP contribution >= 0.6 is 0 Å². The summed E-state index contributed by atoms with van der Waals surface area (Å²) >= 11 is 0. The van der Waals surface area contributed by atoms with Gasteiger partial charge >= 0.3 is 16.6 Å². The molecule has 1 aromatic rings. The molecule has 0 saturated heterocycles. The fourth-order valence-corrected chi connectivity index (χ4v) is 1.33. The lowest BCUT2D eigenvalue weighted by molar-refractivity contribution is 0.553. The molecule has 0 saturated carbocycles. The van der Waals surface area contributed by atoms with E-state index in [2.05, 4.69) is 0 Å². The molecule has 1 aromatic carbocycles. The monoisotopic (exact) mass is 199 g/mol. The summed E-state index contributed by atoms with van der Waals surface area (Å²) in [5, 5.41) is 4.76. The first kappa shape index (κ1) is 9.69. The molecule has 2 N–H and O–H groups in total. The van der Waals surface area contributed by atoms with Crippen LogP contribution in [0.15, 0.2) is 30.3 Å². The molecule has 1 rings (SSSR count). The minimum Gasteiger partial charge on any atom is -0.262 e. The average Bonchev–Trinajstić information content (AvgIpc) is 2.05. The molecule has 69 valence electrons. The number of carbonyl (C=O) groups excluding carboxylic acids is 1. The highest BCUT2D eigenvalue weighted by Crippen LogP contribution is 2.12. The van der Waals surface area contributed by atoms with Gasteiger partial charge in [0.1, 0.15) is 0 Å². The number of amides is 1. The quantitative estimate of drug-likeness (QED) is 0.682. The normalized spacial score (nSPS) is 10.8. The summed E-state index contributed by atoms with van der Waals surface area (Å²) in [5.74, 6) is 0. The predicted molar refractivity (Wildman–Crippen MR) is 47.7 cm³/mol. The molecule has 0 bridgehead atoms. The summed E-state index contributed by atoms with van der Waals surface area (Å²) < 4.78 is 21.9. The van der Waals surface area contributed by atoms with Gasteiger partial charge in [-0.2, -0.15) is 12.7 Å². The van der Waals surface area contributed by atoms with Crippen molar-refractivity contribution in [2.45, 2.75) is 0 Å². The van der Waals surface area contributed by atoms with Crippen LogP contribution in [-0.2, 0) is 15.0 Å². The Morgan fingerprint density at radius 2 is 1.77 bits per heavy atom. The molecule has 0 aliphatic carbocycles. The van der Waals surface area contributed by atoms with Crippen LogP contribution in [0.4, 0.5) is 5.69 Å². The topological polar surface area (TPSA) is 80.5 Å². The van der Waals surface area contributed by atoms with Gasteiger partial charge in [-0.15, -0.1) is 0 Å². The van der Waals surface area contributed by atoms with E-state index < -0.39 is 10.2 Å². The van der Waals surface area contributed by atoms with Crippen molar-refractivity contribution in [2.24, 2.45) is 5.14 Å². The van der Waals surface area contributed by atoms with Crippen LogP contribution in [0.5, 0.6) is 0 Å². The Balaban J connectivity index is 3.13. The number of para-hydroxylation sites is 1. The van der Waals surface area contributed by atoms with Gasteiger partial charge in [-0.25, -0.2) is 5.14 Å². The second kappa shape index (κ2) is 3.55. The zero-order valence-electron chi connectivity index (χ0n) is 6.54. The third-order valence-corrected chi connectivity index (χ3v) is 2.12. The molecule has 13 heavy (non-hydrogen) atoms. The predicted octanol–water partition coefficient (Wildman–Crippen LogP) is -0.236. The van der Waals surface area contributed by atoms with Gasteiger partial charge in [0.2, 0.25) is 0 Å². The molecule has 0 heterocycles. The molecule has 0 aliphatic heterocycles. The number of rotatable bonds is 3. The summed E-state index contributed by atoms with van der Waals surface area (Å²) in [6.45, 7) is 0. The van der Waals surface area contributed by atoms with Gasteiger partial charge in [0.05, 0.1) is 5.69 Å². The highest BCUT2D eigenvalue weighted by molar-refractivity contribution is 7.91. The highest BCUT2D eigenvalue weighted by atomic mass is 32.2. The number of nitrogens with two attached hydrogens (primary N) is 1. The first-order valence-corrected chi connectivity index (χ1v) is 4.82. The SMILES string of the molecule is NS(=O)(=O)N([C]=O)c1ccccc1. The average molecular weight is 199 g/mol. The molecular weight excluding hydrogens is 192 g/mol. The summed E-state index contributed by atoms with van der Waals surface area (Å²) in [5.41, 5.74) is 0.167. The van der Waals surface area contributed by atoms with Crippen LogP contribution in [0, 0.1) is 0 Å². The van der Waals surface area contributed by atoms with Crippen LogP contribution in [-0.4, -0.2) is 14.8 Å². The molecule has 0 atom stereocenters. The lowest BCUT2D eigenvalue weighted by Crippen LogP contribution is -2.35. The maximum Gasteiger partial charge on any atom is 0.332 e. The van der Waals surface area contributed by atoms with Crippen molar-refractivity contribution in [2.75, 3.05) is 4.31 Å². The van der Waals surface area contributed by atoms with Crippen LogP contribution in [0.2, 0.25) is 0 Å². The smallest absolute Gasteiger partial charge is 0.262 e. The molecular formula is C7H7N2O3S. The van der Waals surface area contributed by atoms with Gasteiger partial charge in [-0.1, -0.05) is 18.2 Å². The van der Waals surface area contributed by atoms with E-state index in [9.17, 15) is 13.2 Å². The zero-order chi connectivity index (χ0) is 9.90. The van der Waals surface area contributed by atoms with Crippen molar-refractivity contribution < 1.29 is 13.2 Å². The largest absolute Gasteiger partial charge is 0.332 e. The van der Waals surface area contributed by atoms with Gasteiger partial charge in [0.15, 0.2) is 0 Å². The maximum atomic E-state index is 10.8. The Morgan fingerprint density at radius 1 is 1.23 bits per heavy atom. The van der Waals surface area contributed by atoms with E-state index in [0.717, 1.165) is 0 Å². The van der Waals surface area contributed by atoms with E-state index in [4.69, 9.17) is 5.14 Å².